The first kappa shape index (κ1) is 14.0. The quantitative estimate of drug-likeness (QED) is 0.672. The summed E-state index contributed by atoms with van der Waals surface area (Å²) in [7, 11) is 0. The molecule has 0 aromatic rings. The van der Waals surface area contributed by atoms with E-state index in [2.05, 4.69) is 37.9 Å². The average molecular weight is 226 g/mol. The Kier molecular flexibility index (Phi) is 6.37. The van der Waals surface area contributed by atoms with Crippen molar-refractivity contribution >= 4 is 0 Å². The monoisotopic (exact) mass is 226 g/mol. The van der Waals surface area contributed by atoms with E-state index in [1.807, 2.05) is 0 Å². The summed E-state index contributed by atoms with van der Waals surface area (Å²) >= 11 is 0. The highest BCUT2D eigenvalue weighted by Crippen LogP contribution is 2.21. The van der Waals surface area contributed by atoms with Crippen LogP contribution in [0.1, 0.15) is 53.4 Å². The first-order chi connectivity index (χ1) is 7.61. The van der Waals surface area contributed by atoms with Crippen LogP contribution in [0.2, 0.25) is 0 Å². The third-order valence-corrected chi connectivity index (χ3v) is 3.70. The van der Waals surface area contributed by atoms with Gasteiger partial charge in [0.05, 0.1) is 0 Å². The number of hydrogen-bond acceptors (Lipinski definition) is 2. The van der Waals surface area contributed by atoms with Crippen molar-refractivity contribution in [2.45, 2.75) is 65.5 Å². The van der Waals surface area contributed by atoms with Gasteiger partial charge in [-0.1, -0.05) is 13.8 Å². The molecule has 2 nitrogen and oxygen atoms in total. The van der Waals surface area contributed by atoms with Crippen molar-refractivity contribution in [3.05, 3.63) is 0 Å². The molecule has 1 saturated heterocycles. The lowest BCUT2D eigenvalue weighted by molar-refractivity contribution is 0.191. The summed E-state index contributed by atoms with van der Waals surface area (Å²) < 4.78 is 0. The third-order valence-electron chi connectivity index (χ3n) is 3.70. The summed E-state index contributed by atoms with van der Waals surface area (Å²) in [4.78, 5) is 2.68. The molecule has 1 aliphatic rings. The van der Waals surface area contributed by atoms with E-state index in [1.54, 1.807) is 0 Å². The first-order valence-corrected chi connectivity index (χ1v) is 7.07. The van der Waals surface area contributed by atoms with Gasteiger partial charge < -0.3 is 5.32 Å². The molecule has 16 heavy (non-hydrogen) atoms. The predicted octanol–water partition coefficient (Wildman–Crippen LogP) is 2.89. The zero-order chi connectivity index (χ0) is 12.0. The molecule has 0 spiro atoms. The normalized spacial score (nSPS) is 24.2. The highest BCUT2D eigenvalue weighted by atomic mass is 15.2. The van der Waals surface area contributed by atoms with Gasteiger partial charge in [0.25, 0.3) is 0 Å². The molecule has 96 valence electrons. The van der Waals surface area contributed by atoms with Gasteiger partial charge in [0, 0.05) is 12.1 Å². The second-order valence-electron chi connectivity index (χ2n) is 5.82. The maximum absolute atomic E-state index is 3.52. The highest BCUT2D eigenvalue weighted by molar-refractivity contribution is 4.79. The molecule has 1 aliphatic heterocycles. The minimum absolute atomic E-state index is 0.774. The summed E-state index contributed by atoms with van der Waals surface area (Å²) in [5.41, 5.74) is 0. The van der Waals surface area contributed by atoms with Crippen molar-refractivity contribution in [3.8, 4) is 0 Å². The molecular weight excluding hydrogens is 196 g/mol. The molecule has 1 fully saturated rings. The van der Waals surface area contributed by atoms with E-state index in [0.717, 1.165) is 24.5 Å². The lowest BCUT2D eigenvalue weighted by Gasteiger charge is -2.28. The van der Waals surface area contributed by atoms with Crippen LogP contribution in [0.4, 0.5) is 0 Å². The Morgan fingerprint density at radius 3 is 2.62 bits per heavy atom. The van der Waals surface area contributed by atoms with Crippen LogP contribution < -0.4 is 5.32 Å². The van der Waals surface area contributed by atoms with E-state index in [-0.39, 0.29) is 0 Å². The van der Waals surface area contributed by atoms with E-state index in [4.69, 9.17) is 0 Å². The summed E-state index contributed by atoms with van der Waals surface area (Å²) in [6.07, 6.45) is 5.46. The Morgan fingerprint density at radius 2 is 2.06 bits per heavy atom. The minimum atomic E-state index is 0.774. The van der Waals surface area contributed by atoms with Crippen molar-refractivity contribution in [2.24, 2.45) is 5.92 Å². The number of nitrogens with one attached hydrogen (secondary N) is 1. The molecule has 0 radical (unpaired) electrons. The Labute approximate surface area is 102 Å². The fourth-order valence-corrected chi connectivity index (χ4v) is 2.69. The van der Waals surface area contributed by atoms with Crippen LogP contribution in [0.3, 0.4) is 0 Å². The molecule has 0 aromatic carbocycles. The van der Waals surface area contributed by atoms with E-state index >= 15 is 0 Å². The minimum Gasteiger partial charge on any atom is -0.316 e. The number of likely N-dealkylation sites (tertiary alicyclic amines) is 1. The van der Waals surface area contributed by atoms with Gasteiger partial charge in [-0.2, -0.15) is 0 Å². The highest BCUT2D eigenvalue weighted by Gasteiger charge is 2.24. The van der Waals surface area contributed by atoms with Crippen LogP contribution in [0.15, 0.2) is 0 Å². The van der Waals surface area contributed by atoms with E-state index in [1.165, 1.54) is 38.8 Å². The first-order valence-electron chi connectivity index (χ1n) is 7.07. The van der Waals surface area contributed by atoms with E-state index < -0.39 is 0 Å². The molecule has 2 unspecified atom stereocenters. The van der Waals surface area contributed by atoms with Crippen LogP contribution in [0.5, 0.6) is 0 Å². The van der Waals surface area contributed by atoms with Crippen LogP contribution in [-0.2, 0) is 0 Å². The van der Waals surface area contributed by atoms with Crippen LogP contribution >= 0.6 is 0 Å². The second kappa shape index (κ2) is 7.29. The topological polar surface area (TPSA) is 15.3 Å². The van der Waals surface area contributed by atoms with Gasteiger partial charge in [0.1, 0.15) is 0 Å². The predicted molar refractivity (Wildman–Crippen MR) is 71.8 cm³/mol. The molecule has 0 amide bonds. The fraction of sp³-hybridized carbons (Fsp3) is 1.00. The summed E-state index contributed by atoms with van der Waals surface area (Å²) in [6, 6.07) is 1.59. The average Bonchev–Trinajstić information content (AvgIpc) is 2.63. The largest absolute Gasteiger partial charge is 0.316 e. The van der Waals surface area contributed by atoms with Gasteiger partial charge in [0.15, 0.2) is 0 Å². The van der Waals surface area contributed by atoms with E-state index in [9.17, 15) is 0 Å². The fourth-order valence-electron chi connectivity index (χ4n) is 2.69. The molecule has 0 bridgehead atoms. The third kappa shape index (κ3) is 4.84. The lowest BCUT2D eigenvalue weighted by atomic mass is 10.1. The Bertz CT molecular complexity index is 180. The molecule has 0 aliphatic carbocycles. The number of hydrogen-bond donors (Lipinski definition) is 1. The molecule has 0 aromatic heterocycles. The smallest absolute Gasteiger partial charge is 0.00702 e. The van der Waals surface area contributed by atoms with Crippen molar-refractivity contribution in [1.29, 1.82) is 0 Å². The van der Waals surface area contributed by atoms with Gasteiger partial charge in [-0.3, -0.25) is 4.90 Å². The molecule has 2 heteroatoms. The Balaban J connectivity index is 2.04. The number of nitrogens with zero attached hydrogens (tertiary/aromatic N) is 1. The number of rotatable bonds is 7. The van der Waals surface area contributed by atoms with Crippen molar-refractivity contribution < 1.29 is 0 Å². The molecule has 1 heterocycles. The summed E-state index contributed by atoms with van der Waals surface area (Å²) in [5, 5.41) is 3.52. The molecular formula is C14H30N2. The Morgan fingerprint density at radius 1 is 1.31 bits per heavy atom. The van der Waals surface area contributed by atoms with Crippen molar-refractivity contribution in [2.75, 3.05) is 19.6 Å². The SMILES string of the molecule is CC(C)CNCCCC(C)N1CCCC1C. The van der Waals surface area contributed by atoms with Gasteiger partial charge in [-0.05, 0) is 65.1 Å². The zero-order valence-electron chi connectivity index (χ0n) is 11.6. The van der Waals surface area contributed by atoms with Gasteiger partial charge >= 0.3 is 0 Å². The summed E-state index contributed by atoms with van der Waals surface area (Å²) in [6.45, 7) is 13.0. The van der Waals surface area contributed by atoms with Crippen LogP contribution in [0, 0.1) is 5.92 Å². The molecule has 1 rings (SSSR count). The summed E-state index contributed by atoms with van der Waals surface area (Å²) in [5.74, 6) is 0.774. The molecule has 2 atom stereocenters. The maximum Gasteiger partial charge on any atom is 0.00702 e. The zero-order valence-corrected chi connectivity index (χ0v) is 11.6. The van der Waals surface area contributed by atoms with Gasteiger partial charge in [-0.15, -0.1) is 0 Å². The molecule has 0 saturated carbocycles. The van der Waals surface area contributed by atoms with Crippen molar-refractivity contribution in [1.82, 2.24) is 10.2 Å². The second-order valence-corrected chi connectivity index (χ2v) is 5.82. The lowest BCUT2D eigenvalue weighted by Crippen LogP contribution is -2.36. The van der Waals surface area contributed by atoms with Gasteiger partial charge in [-0.25, -0.2) is 0 Å². The standard InChI is InChI=1S/C14H30N2/c1-12(2)11-15-9-5-7-13(3)16-10-6-8-14(16)4/h12-15H,5-11H2,1-4H3. The van der Waals surface area contributed by atoms with Crippen molar-refractivity contribution in [3.63, 3.8) is 0 Å². The van der Waals surface area contributed by atoms with Crippen LogP contribution in [0.25, 0.3) is 0 Å². The van der Waals surface area contributed by atoms with E-state index in [0.29, 0.717) is 0 Å². The maximum atomic E-state index is 3.52. The van der Waals surface area contributed by atoms with Crippen LogP contribution in [-0.4, -0.2) is 36.6 Å². The Hall–Kier alpha value is -0.0800. The molecule has 1 N–H and O–H groups in total. The van der Waals surface area contributed by atoms with Gasteiger partial charge in [0.2, 0.25) is 0 Å².